The minimum Gasteiger partial charge on any atom is -0.373 e. The molecule has 1 rings (SSSR count). The lowest BCUT2D eigenvalue weighted by molar-refractivity contribution is 0.372. The molecule has 0 radical (unpaired) electrons. The van der Waals surface area contributed by atoms with Crippen molar-refractivity contribution >= 4 is 0 Å². The summed E-state index contributed by atoms with van der Waals surface area (Å²) < 4.78 is 16.2. The molecular weight excluding hydrogens is 95.1 g/mol. The Morgan fingerprint density at radius 3 is 2.86 bits per heavy atom. The molecule has 1 fully saturated rings. The Balaban J connectivity index is 1.80. The summed E-state index contributed by atoms with van der Waals surface area (Å²) in [4.78, 5) is 0. The Hall–Kier alpha value is -0.110. The van der Waals surface area contributed by atoms with Crippen LogP contribution in [0.5, 0.6) is 0 Å². The lowest BCUT2D eigenvalue weighted by Gasteiger charge is -1.84. The van der Waals surface area contributed by atoms with E-state index in [0.717, 1.165) is 13.0 Å². The van der Waals surface area contributed by atoms with E-state index in [1.165, 1.54) is 0 Å². The van der Waals surface area contributed by atoms with E-state index >= 15 is 0 Å². The monoisotopic (exact) mass is 104 g/mol. The largest absolute Gasteiger partial charge is 0.373 e. The number of hydrogen-bond donors (Lipinski definition) is 0. The summed E-state index contributed by atoms with van der Waals surface area (Å²) in [7, 11) is 0. The van der Waals surface area contributed by atoms with E-state index in [2.05, 4.69) is 0 Å². The fraction of sp³-hybridized carbons (Fsp3) is 1.00. The van der Waals surface area contributed by atoms with Crippen molar-refractivity contribution in [1.82, 2.24) is 0 Å². The summed E-state index contributed by atoms with van der Waals surface area (Å²) in [5.41, 5.74) is 0. The lowest BCUT2D eigenvalue weighted by Crippen LogP contribution is -1.84. The molecule has 0 spiro atoms. The van der Waals surface area contributed by atoms with Crippen LogP contribution < -0.4 is 0 Å². The van der Waals surface area contributed by atoms with Crippen LogP contribution >= 0.6 is 0 Å². The van der Waals surface area contributed by atoms with Crippen LogP contribution in [0.3, 0.4) is 0 Å². The summed E-state index contributed by atoms with van der Waals surface area (Å²) in [6.45, 7) is 0.667. The van der Waals surface area contributed by atoms with Gasteiger partial charge in [0.2, 0.25) is 0 Å². The van der Waals surface area contributed by atoms with Gasteiger partial charge in [-0.25, -0.2) is 0 Å². The highest BCUT2D eigenvalue weighted by atomic mass is 19.1. The fourth-order valence-corrected chi connectivity index (χ4v) is 0.540. The second kappa shape index (κ2) is 2.26. The van der Waals surface area contributed by atoms with Gasteiger partial charge in [-0.1, -0.05) is 0 Å². The van der Waals surface area contributed by atoms with Gasteiger partial charge in [0, 0.05) is 0 Å². The Kier molecular flexibility index (Phi) is 1.63. The van der Waals surface area contributed by atoms with Crippen LogP contribution in [-0.2, 0) is 4.74 Å². The first-order valence-electron chi connectivity index (χ1n) is 2.61. The van der Waals surface area contributed by atoms with Gasteiger partial charge in [-0.2, -0.15) is 0 Å². The van der Waals surface area contributed by atoms with Gasteiger partial charge in [0.15, 0.2) is 0 Å². The molecule has 0 aromatic rings. The molecule has 0 aromatic carbocycles. The van der Waals surface area contributed by atoms with Crippen molar-refractivity contribution in [2.45, 2.75) is 18.9 Å². The third-order valence-electron chi connectivity index (χ3n) is 1.06. The van der Waals surface area contributed by atoms with Crippen LogP contribution in [0.25, 0.3) is 0 Å². The molecule has 1 nitrogen and oxygen atoms in total. The first-order chi connectivity index (χ1) is 3.43. The summed E-state index contributed by atoms with van der Waals surface area (Å²) in [5, 5.41) is 0. The first-order valence-corrected chi connectivity index (χ1v) is 2.61. The quantitative estimate of drug-likeness (QED) is 0.489. The molecule has 1 atom stereocenters. The molecule has 0 aromatic heterocycles. The maximum atomic E-state index is 11.3. The highest BCUT2D eigenvalue weighted by Gasteiger charge is 2.20. The molecular formula is C5H9FO. The van der Waals surface area contributed by atoms with Gasteiger partial charge in [-0.15, -0.1) is 0 Å². The van der Waals surface area contributed by atoms with E-state index in [1.54, 1.807) is 0 Å². The molecule has 42 valence electrons. The number of ether oxygens (including phenoxy) is 1. The predicted molar refractivity (Wildman–Crippen MR) is 24.9 cm³/mol. The first kappa shape index (κ1) is 5.04. The minimum atomic E-state index is -0.195. The van der Waals surface area contributed by atoms with Crippen LogP contribution in [0.15, 0.2) is 0 Å². The average molecular weight is 104 g/mol. The highest BCUT2D eigenvalue weighted by molar-refractivity contribution is 4.67. The van der Waals surface area contributed by atoms with Gasteiger partial charge >= 0.3 is 0 Å². The second-order valence-corrected chi connectivity index (χ2v) is 1.79. The van der Waals surface area contributed by atoms with Crippen molar-refractivity contribution < 1.29 is 9.13 Å². The van der Waals surface area contributed by atoms with Gasteiger partial charge < -0.3 is 4.74 Å². The molecule has 0 saturated carbocycles. The van der Waals surface area contributed by atoms with Crippen LogP contribution in [0.4, 0.5) is 4.39 Å². The van der Waals surface area contributed by atoms with E-state index in [1.807, 2.05) is 0 Å². The third-order valence-corrected chi connectivity index (χ3v) is 1.06. The Morgan fingerprint density at radius 1 is 1.71 bits per heavy atom. The van der Waals surface area contributed by atoms with Gasteiger partial charge in [0.1, 0.15) is 0 Å². The van der Waals surface area contributed by atoms with Crippen LogP contribution in [0.1, 0.15) is 12.8 Å². The van der Waals surface area contributed by atoms with Crippen molar-refractivity contribution in [1.29, 1.82) is 0 Å². The zero-order valence-corrected chi connectivity index (χ0v) is 4.19. The van der Waals surface area contributed by atoms with Crippen molar-refractivity contribution in [3.8, 4) is 0 Å². The standard InChI is InChI=1S/C5H9FO/c6-3-1-2-5-4-7-5/h5H,1-4H2. The smallest absolute Gasteiger partial charge is 0.0895 e. The SMILES string of the molecule is FCCCC1CO1. The number of alkyl halides is 1. The minimum absolute atomic E-state index is 0.195. The van der Waals surface area contributed by atoms with Gasteiger partial charge in [0.05, 0.1) is 19.4 Å². The third kappa shape index (κ3) is 1.88. The Labute approximate surface area is 42.5 Å². The van der Waals surface area contributed by atoms with Gasteiger partial charge in [-0.3, -0.25) is 4.39 Å². The highest BCUT2D eigenvalue weighted by Crippen LogP contribution is 2.14. The van der Waals surface area contributed by atoms with E-state index in [0.29, 0.717) is 12.5 Å². The zero-order valence-electron chi connectivity index (χ0n) is 4.19. The Bertz CT molecular complexity index is 52.0. The number of epoxide rings is 1. The molecule has 0 aliphatic carbocycles. The molecule has 0 bridgehead atoms. The van der Waals surface area contributed by atoms with Crippen LogP contribution in [0, 0.1) is 0 Å². The normalized spacial score (nSPS) is 27.9. The number of hydrogen-bond acceptors (Lipinski definition) is 1. The van der Waals surface area contributed by atoms with E-state index in [4.69, 9.17) is 4.74 Å². The van der Waals surface area contributed by atoms with Crippen LogP contribution in [0.2, 0.25) is 0 Å². The second-order valence-electron chi connectivity index (χ2n) is 1.79. The molecule has 1 saturated heterocycles. The topological polar surface area (TPSA) is 12.5 Å². The molecule has 7 heavy (non-hydrogen) atoms. The predicted octanol–water partition coefficient (Wildman–Crippen LogP) is 1.13. The molecule has 0 amide bonds. The van der Waals surface area contributed by atoms with Crippen molar-refractivity contribution in [2.24, 2.45) is 0 Å². The number of halogens is 1. The van der Waals surface area contributed by atoms with Gasteiger partial charge in [0.25, 0.3) is 0 Å². The van der Waals surface area contributed by atoms with E-state index < -0.39 is 0 Å². The summed E-state index contributed by atoms with van der Waals surface area (Å²) >= 11 is 0. The van der Waals surface area contributed by atoms with E-state index in [9.17, 15) is 4.39 Å². The molecule has 0 N–H and O–H groups in total. The number of rotatable bonds is 3. The lowest BCUT2D eigenvalue weighted by atomic mass is 10.3. The van der Waals surface area contributed by atoms with E-state index in [-0.39, 0.29) is 6.67 Å². The maximum absolute atomic E-state index is 11.3. The van der Waals surface area contributed by atoms with Crippen molar-refractivity contribution in [2.75, 3.05) is 13.3 Å². The van der Waals surface area contributed by atoms with Crippen molar-refractivity contribution in [3.05, 3.63) is 0 Å². The molecule has 2 heteroatoms. The summed E-state index contributed by atoms with van der Waals surface area (Å²) in [6, 6.07) is 0. The summed E-state index contributed by atoms with van der Waals surface area (Å²) in [5.74, 6) is 0. The molecule has 1 aliphatic heterocycles. The molecule has 1 aliphatic rings. The molecule has 1 heterocycles. The summed E-state index contributed by atoms with van der Waals surface area (Å²) in [6.07, 6.45) is 2.00. The zero-order chi connectivity index (χ0) is 5.11. The Morgan fingerprint density at radius 2 is 2.43 bits per heavy atom. The molecule has 1 unspecified atom stereocenters. The van der Waals surface area contributed by atoms with Crippen LogP contribution in [-0.4, -0.2) is 19.4 Å². The maximum Gasteiger partial charge on any atom is 0.0895 e. The van der Waals surface area contributed by atoms with Gasteiger partial charge in [-0.05, 0) is 12.8 Å². The fourth-order valence-electron chi connectivity index (χ4n) is 0.540. The average Bonchev–Trinajstić information content (AvgIpc) is 2.42. The van der Waals surface area contributed by atoms with Crippen molar-refractivity contribution in [3.63, 3.8) is 0 Å².